The number of benzene rings is 1. The number of nitrogens with zero attached hydrogens (tertiary/aromatic N) is 4. The standard InChI is InChI=1S/C20H15F5IN6PS/c1-34-12-6-3-2-5-10(12)27-11-9-15(29-14-8-4-7-13(28-14)20(23,24)25)30-18-16(11)31-19(17(21)22)32(18)33-26/h2-9,17,33H,1H3,(H2,27,28,29,30). The quantitative estimate of drug-likeness (QED) is 0.0948. The van der Waals surface area contributed by atoms with Crippen molar-refractivity contribution in [2.75, 3.05) is 16.9 Å². The van der Waals surface area contributed by atoms with Gasteiger partial charge in [0, 0.05) is 11.0 Å². The number of para-hydroxylation sites is 1. The summed E-state index contributed by atoms with van der Waals surface area (Å²) in [5.74, 6) is -0.403. The van der Waals surface area contributed by atoms with Gasteiger partial charge in [-0.15, -0.1) is 11.8 Å². The highest BCUT2D eigenvalue weighted by molar-refractivity contribution is 14.2. The summed E-state index contributed by atoms with van der Waals surface area (Å²) >= 11 is 3.44. The largest absolute Gasteiger partial charge is 0.433 e. The van der Waals surface area contributed by atoms with Crippen molar-refractivity contribution < 1.29 is 22.0 Å². The molecule has 0 aliphatic rings. The zero-order valence-electron chi connectivity index (χ0n) is 17.2. The third-order valence-corrected chi connectivity index (χ3v) is 7.45. The topological polar surface area (TPSA) is 67.7 Å². The first-order valence-corrected chi connectivity index (χ1v) is 14.8. The van der Waals surface area contributed by atoms with Crippen molar-refractivity contribution >= 4 is 74.4 Å². The summed E-state index contributed by atoms with van der Waals surface area (Å²) in [5, 5.41) is 5.97. The first kappa shape index (κ1) is 24.9. The maximum absolute atomic E-state index is 13.7. The zero-order valence-corrected chi connectivity index (χ0v) is 21.1. The molecule has 6 nitrogen and oxygen atoms in total. The molecule has 4 rings (SSSR count). The third-order valence-electron chi connectivity index (χ3n) is 4.59. The lowest BCUT2D eigenvalue weighted by atomic mass is 10.2. The number of alkyl halides is 5. The molecule has 0 saturated heterocycles. The van der Waals surface area contributed by atoms with Crippen LogP contribution in [0.4, 0.5) is 45.0 Å². The average molecular weight is 624 g/mol. The maximum Gasteiger partial charge on any atom is 0.433 e. The summed E-state index contributed by atoms with van der Waals surface area (Å²) in [6.07, 6.45) is -5.67. The average Bonchev–Trinajstić information content (AvgIpc) is 3.18. The van der Waals surface area contributed by atoms with Crippen LogP contribution < -0.4 is 10.6 Å². The highest BCUT2D eigenvalue weighted by Crippen LogP contribution is 2.39. The van der Waals surface area contributed by atoms with E-state index in [0.717, 1.165) is 16.6 Å². The number of imidazole rings is 1. The van der Waals surface area contributed by atoms with Crippen molar-refractivity contribution in [3.05, 3.63) is 60.0 Å². The fourth-order valence-corrected chi connectivity index (χ4v) is 5.59. The minimum Gasteiger partial charge on any atom is -0.353 e. The number of anilines is 4. The summed E-state index contributed by atoms with van der Waals surface area (Å²) in [6, 6.07) is 12.3. The van der Waals surface area contributed by atoms with Gasteiger partial charge in [-0.05, 0) is 52.6 Å². The van der Waals surface area contributed by atoms with Crippen molar-refractivity contribution in [3.8, 4) is 0 Å². The number of hydrogen-bond donors (Lipinski definition) is 2. The third kappa shape index (κ3) is 5.20. The Balaban J connectivity index is 1.85. The number of halogens is 6. The van der Waals surface area contributed by atoms with Gasteiger partial charge in [-0.1, -0.05) is 18.2 Å². The van der Waals surface area contributed by atoms with Crippen LogP contribution in [0.5, 0.6) is 0 Å². The molecular formula is C20H15F5IN6PS. The van der Waals surface area contributed by atoms with Crippen LogP contribution in [0.3, 0.4) is 0 Å². The molecule has 2 N–H and O–H groups in total. The molecular weight excluding hydrogens is 609 g/mol. The highest BCUT2D eigenvalue weighted by Gasteiger charge is 2.32. The molecule has 0 saturated carbocycles. The lowest BCUT2D eigenvalue weighted by Gasteiger charge is -2.14. The SMILES string of the molecule is CSc1ccccc1Nc1cc(Nc2cccc(C(F)(F)F)n2)nc2c1nc(C(F)F)n2PI. The summed E-state index contributed by atoms with van der Waals surface area (Å²) in [6.45, 7) is 0. The Morgan fingerprint density at radius 3 is 2.41 bits per heavy atom. The summed E-state index contributed by atoms with van der Waals surface area (Å²) in [4.78, 5) is 13.0. The second-order valence-electron chi connectivity index (χ2n) is 6.77. The summed E-state index contributed by atoms with van der Waals surface area (Å²) in [5.41, 5.74) is 0.415. The normalized spacial score (nSPS) is 12.2. The van der Waals surface area contributed by atoms with E-state index in [1.165, 1.54) is 34.3 Å². The molecule has 3 aromatic heterocycles. The Bertz CT molecular complexity index is 1330. The molecule has 0 aliphatic heterocycles. The second-order valence-corrected chi connectivity index (χ2v) is 9.69. The van der Waals surface area contributed by atoms with E-state index in [-0.39, 0.29) is 29.2 Å². The van der Waals surface area contributed by atoms with Gasteiger partial charge in [0.1, 0.15) is 22.8 Å². The first-order valence-electron chi connectivity index (χ1n) is 9.50. The van der Waals surface area contributed by atoms with Gasteiger partial charge in [-0.3, -0.25) is 4.34 Å². The monoisotopic (exact) mass is 624 g/mol. The molecule has 0 aliphatic carbocycles. The van der Waals surface area contributed by atoms with E-state index in [2.05, 4.69) is 25.6 Å². The Labute approximate surface area is 209 Å². The van der Waals surface area contributed by atoms with Crippen LogP contribution in [0.15, 0.2) is 53.4 Å². The zero-order chi connectivity index (χ0) is 24.5. The van der Waals surface area contributed by atoms with E-state index in [9.17, 15) is 22.0 Å². The number of nitrogens with one attached hydrogen (secondary N) is 2. The van der Waals surface area contributed by atoms with E-state index in [4.69, 9.17) is 0 Å². The van der Waals surface area contributed by atoms with Gasteiger partial charge < -0.3 is 10.6 Å². The van der Waals surface area contributed by atoms with Gasteiger partial charge in [0.25, 0.3) is 6.43 Å². The minimum absolute atomic E-state index is 0.0887. The van der Waals surface area contributed by atoms with Crippen molar-refractivity contribution in [1.82, 2.24) is 19.3 Å². The van der Waals surface area contributed by atoms with Gasteiger partial charge in [0.05, 0.1) is 17.7 Å². The molecule has 0 bridgehead atoms. The molecule has 178 valence electrons. The number of hydrogen-bond acceptors (Lipinski definition) is 6. The number of fused-ring (bicyclic) bond motifs is 1. The summed E-state index contributed by atoms with van der Waals surface area (Å²) in [7, 11) is 0. The predicted molar refractivity (Wildman–Crippen MR) is 134 cm³/mol. The number of aromatic nitrogens is 4. The van der Waals surface area contributed by atoms with Gasteiger partial charge in [-0.2, -0.15) is 13.2 Å². The lowest BCUT2D eigenvalue weighted by Crippen LogP contribution is -2.09. The van der Waals surface area contributed by atoms with Crippen molar-refractivity contribution in [1.29, 1.82) is 0 Å². The second kappa shape index (κ2) is 10.2. The Morgan fingerprint density at radius 2 is 1.74 bits per heavy atom. The van der Waals surface area contributed by atoms with Crippen LogP contribution >= 0.6 is 40.2 Å². The van der Waals surface area contributed by atoms with Crippen LogP contribution in [-0.2, 0) is 6.18 Å². The number of rotatable bonds is 7. The molecule has 3 heterocycles. The minimum atomic E-state index is -4.61. The smallest absolute Gasteiger partial charge is 0.353 e. The molecule has 1 atom stereocenters. The highest BCUT2D eigenvalue weighted by atomic mass is 127. The van der Waals surface area contributed by atoms with Gasteiger partial charge in [0.15, 0.2) is 11.5 Å². The molecule has 1 aromatic carbocycles. The van der Waals surface area contributed by atoms with E-state index >= 15 is 0 Å². The van der Waals surface area contributed by atoms with Crippen LogP contribution in [0.1, 0.15) is 17.9 Å². The van der Waals surface area contributed by atoms with E-state index < -0.39 is 24.1 Å². The Kier molecular flexibility index (Phi) is 7.43. The fraction of sp³-hybridized carbons (Fsp3) is 0.150. The number of thioether (sulfide) groups is 1. The lowest BCUT2D eigenvalue weighted by molar-refractivity contribution is -0.141. The first-order chi connectivity index (χ1) is 16.2. The maximum atomic E-state index is 13.7. The summed E-state index contributed by atoms with van der Waals surface area (Å²) < 4.78 is 67.8. The fourth-order valence-electron chi connectivity index (χ4n) is 3.14. The Morgan fingerprint density at radius 1 is 0.971 bits per heavy atom. The van der Waals surface area contributed by atoms with Crippen LogP contribution in [0.25, 0.3) is 11.2 Å². The van der Waals surface area contributed by atoms with Crippen molar-refractivity contribution in [2.45, 2.75) is 17.5 Å². The molecule has 0 fully saturated rings. The molecule has 1 unspecified atom stereocenters. The Hall–Kier alpha value is -2.25. The van der Waals surface area contributed by atoms with Gasteiger partial charge >= 0.3 is 6.18 Å². The van der Waals surface area contributed by atoms with E-state index in [1.807, 2.05) is 52.6 Å². The molecule has 34 heavy (non-hydrogen) atoms. The van der Waals surface area contributed by atoms with Gasteiger partial charge in [0.2, 0.25) is 0 Å². The van der Waals surface area contributed by atoms with E-state index in [1.54, 1.807) is 0 Å². The van der Waals surface area contributed by atoms with E-state index in [0.29, 0.717) is 5.69 Å². The predicted octanol–water partition coefficient (Wildman–Crippen LogP) is 7.78. The van der Waals surface area contributed by atoms with Crippen LogP contribution in [0.2, 0.25) is 0 Å². The van der Waals surface area contributed by atoms with Crippen molar-refractivity contribution in [3.63, 3.8) is 0 Å². The molecule has 0 amide bonds. The van der Waals surface area contributed by atoms with Crippen LogP contribution in [0, 0.1) is 0 Å². The molecule has 0 radical (unpaired) electrons. The molecule has 4 aromatic rings. The van der Waals surface area contributed by atoms with Gasteiger partial charge in [-0.25, -0.2) is 23.7 Å². The number of pyridine rings is 2. The molecule has 0 spiro atoms. The van der Waals surface area contributed by atoms with Crippen molar-refractivity contribution in [2.24, 2.45) is 0 Å². The van der Waals surface area contributed by atoms with Crippen LogP contribution in [-0.4, -0.2) is 25.5 Å². The molecule has 14 heteroatoms.